The summed E-state index contributed by atoms with van der Waals surface area (Å²) in [7, 11) is 0. The molecule has 0 radical (unpaired) electrons. The lowest BCUT2D eigenvalue weighted by Crippen LogP contribution is -2.29. The van der Waals surface area contributed by atoms with Crippen molar-refractivity contribution in [3.63, 3.8) is 0 Å². The zero-order chi connectivity index (χ0) is 14.5. The van der Waals surface area contributed by atoms with Crippen LogP contribution in [0.2, 0.25) is 0 Å². The first kappa shape index (κ1) is 13.5. The second kappa shape index (κ2) is 6.28. The van der Waals surface area contributed by atoms with E-state index in [4.69, 9.17) is 0 Å². The summed E-state index contributed by atoms with van der Waals surface area (Å²) in [4.78, 5) is 21.4. The summed E-state index contributed by atoms with van der Waals surface area (Å²) in [5.74, 6) is -0.231. The Kier molecular flexibility index (Phi) is 4.02. The molecule has 5 heteroatoms. The van der Waals surface area contributed by atoms with Gasteiger partial charge in [-0.3, -0.25) is 9.78 Å². The molecule has 104 valence electrons. The summed E-state index contributed by atoms with van der Waals surface area (Å²) < 4.78 is 0. The van der Waals surface area contributed by atoms with Crippen LogP contribution >= 0.6 is 11.3 Å². The number of hydrogen-bond donors (Lipinski definition) is 1. The van der Waals surface area contributed by atoms with Crippen LogP contribution < -0.4 is 5.32 Å². The number of thiophene rings is 1. The summed E-state index contributed by atoms with van der Waals surface area (Å²) in [5.41, 5.74) is 1.35. The van der Waals surface area contributed by atoms with Crippen molar-refractivity contribution in [2.24, 2.45) is 0 Å². The first-order chi connectivity index (χ1) is 10.3. The molecule has 0 spiro atoms. The number of nitrogens with one attached hydrogen (secondary N) is 1. The SMILES string of the molecule is O=C(N[C@H](c1ccccc1)c1cccs1)c1cnccn1. The maximum Gasteiger partial charge on any atom is 0.272 e. The maximum absolute atomic E-state index is 12.3. The van der Waals surface area contributed by atoms with Crippen molar-refractivity contribution < 1.29 is 4.79 Å². The number of benzene rings is 1. The fourth-order valence-corrected chi connectivity index (χ4v) is 2.84. The average molecular weight is 295 g/mol. The van der Waals surface area contributed by atoms with Crippen LogP contribution in [0.15, 0.2) is 66.4 Å². The zero-order valence-electron chi connectivity index (χ0n) is 11.1. The molecule has 4 nitrogen and oxygen atoms in total. The van der Waals surface area contributed by atoms with Crippen molar-refractivity contribution >= 4 is 17.2 Å². The van der Waals surface area contributed by atoms with E-state index in [9.17, 15) is 4.79 Å². The molecule has 2 heterocycles. The molecule has 1 atom stereocenters. The topological polar surface area (TPSA) is 54.9 Å². The number of hydrogen-bond acceptors (Lipinski definition) is 4. The molecular weight excluding hydrogens is 282 g/mol. The molecule has 0 aliphatic rings. The molecule has 0 fully saturated rings. The van der Waals surface area contributed by atoms with Crippen LogP contribution in [0.1, 0.15) is 27.0 Å². The lowest BCUT2D eigenvalue weighted by Gasteiger charge is -2.17. The third-order valence-electron chi connectivity index (χ3n) is 3.03. The van der Waals surface area contributed by atoms with Crippen LogP contribution in [-0.4, -0.2) is 15.9 Å². The van der Waals surface area contributed by atoms with Gasteiger partial charge in [-0.2, -0.15) is 0 Å². The van der Waals surface area contributed by atoms with E-state index >= 15 is 0 Å². The second-order valence-electron chi connectivity index (χ2n) is 4.42. The Labute approximate surface area is 126 Å². The first-order valence-electron chi connectivity index (χ1n) is 6.50. The van der Waals surface area contributed by atoms with Gasteiger partial charge in [0.25, 0.3) is 5.91 Å². The molecule has 21 heavy (non-hydrogen) atoms. The van der Waals surface area contributed by atoms with Gasteiger partial charge in [-0.15, -0.1) is 11.3 Å². The van der Waals surface area contributed by atoms with E-state index in [0.29, 0.717) is 5.69 Å². The number of carbonyl (C=O) groups is 1. The molecule has 0 unspecified atom stereocenters. The highest BCUT2D eigenvalue weighted by molar-refractivity contribution is 7.10. The van der Waals surface area contributed by atoms with Gasteiger partial charge >= 0.3 is 0 Å². The van der Waals surface area contributed by atoms with Crippen LogP contribution in [0.5, 0.6) is 0 Å². The molecule has 3 aromatic rings. The van der Waals surface area contributed by atoms with Gasteiger partial charge < -0.3 is 5.32 Å². The van der Waals surface area contributed by atoms with Gasteiger partial charge in [-0.1, -0.05) is 36.4 Å². The van der Waals surface area contributed by atoms with Gasteiger partial charge in [0.2, 0.25) is 0 Å². The van der Waals surface area contributed by atoms with Gasteiger partial charge in [0.05, 0.1) is 12.2 Å². The van der Waals surface area contributed by atoms with E-state index in [1.54, 1.807) is 17.5 Å². The minimum Gasteiger partial charge on any atom is -0.339 e. The third-order valence-corrected chi connectivity index (χ3v) is 3.97. The molecule has 1 amide bonds. The van der Waals surface area contributed by atoms with E-state index in [2.05, 4.69) is 15.3 Å². The Morgan fingerprint density at radius 2 is 1.95 bits per heavy atom. The third kappa shape index (κ3) is 3.14. The molecular formula is C16H13N3OS. The van der Waals surface area contributed by atoms with Gasteiger partial charge in [-0.05, 0) is 17.0 Å². The lowest BCUT2D eigenvalue weighted by atomic mass is 10.1. The van der Waals surface area contributed by atoms with Crippen molar-refractivity contribution in [2.75, 3.05) is 0 Å². The van der Waals surface area contributed by atoms with Crippen molar-refractivity contribution in [1.82, 2.24) is 15.3 Å². The monoisotopic (exact) mass is 295 g/mol. The summed E-state index contributed by atoms with van der Waals surface area (Å²) in [6, 6.07) is 13.7. The first-order valence-corrected chi connectivity index (χ1v) is 7.38. The molecule has 1 aromatic carbocycles. The Morgan fingerprint density at radius 3 is 2.62 bits per heavy atom. The van der Waals surface area contributed by atoms with Crippen molar-refractivity contribution in [3.8, 4) is 0 Å². The fraction of sp³-hybridized carbons (Fsp3) is 0.0625. The van der Waals surface area contributed by atoms with Crippen molar-refractivity contribution in [3.05, 3.63) is 82.6 Å². The lowest BCUT2D eigenvalue weighted by molar-refractivity contribution is 0.0938. The van der Waals surface area contributed by atoms with Gasteiger partial charge in [0.1, 0.15) is 5.69 Å². The fourth-order valence-electron chi connectivity index (χ4n) is 2.04. The van der Waals surface area contributed by atoms with Crippen LogP contribution in [0.3, 0.4) is 0 Å². The van der Waals surface area contributed by atoms with E-state index in [1.165, 1.54) is 12.4 Å². The normalized spacial score (nSPS) is 11.8. The highest BCUT2D eigenvalue weighted by Gasteiger charge is 2.19. The van der Waals surface area contributed by atoms with Gasteiger partial charge in [-0.25, -0.2) is 4.98 Å². The number of amides is 1. The van der Waals surface area contributed by atoms with E-state index in [1.807, 2.05) is 47.8 Å². The number of aromatic nitrogens is 2. The van der Waals surface area contributed by atoms with Crippen LogP contribution in [0.25, 0.3) is 0 Å². The average Bonchev–Trinajstić information content (AvgIpc) is 3.08. The molecule has 1 N–H and O–H groups in total. The maximum atomic E-state index is 12.3. The summed E-state index contributed by atoms with van der Waals surface area (Å²) in [6.45, 7) is 0. The molecule has 0 aliphatic heterocycles. The Balaban J connectivity index is 1.89. The van der Waals surface area contributed by atoms with Crippen molar-refractivity contribution in [1.29, 1.82) is 0 Å². The summed E-state index contributed by atoms with van der Waals surface area (Å²) in [6.07, 6.45) is 4.52. The highest BCUT2D eigenvalue weighted by Crippen LogP contribution is 2.26. The molecule has 3 rings (SSSR count). The Bertz CT molecular complexity index is 699. The number of carbonyl (C=O) groups excluding carboxylic acids is 1. The minimum atomic E-state index is -0.231. The van der Waals surface area contributed by atoms with Crippen LogP contribution in [-0.2, 0) is 0 Å². The van der Waals surface area contributed by atoms with E-state index in [-0.39, 0.29) is 11.9 Å². The van der Waals surface area contributed by atoms with E-state index < -0.39 is 0 Å². The molecule has 2 aromatic heterocycles. The Morgan fingerprint density at radius 1 is 1.10 bits per heavy atom. The summed E-state index contributed by atoms with van der Waals surface area (Å²) >= 11 is 1.61. The Hall–Kier alpha value is -2.53. The second-order valence-corrected chi connectivity index (χ2v) is 5.40. The predicted octanol–water partition coefficient (Wildman–Crippen LogP) is 3.06. The largest absolute Gasteiger partial charge is 0.339 e. The quantitative estimate of drug-likeness (QED) is 0.805. The summed E-state index contributed by atoms with van der Waals surface area (Å²) in [5, 5.41) is 5.02. The smallest absolute Gasteiger partial charge is 0.272 e. The zero-order valence-corrected chi connectivity index (χ0v) is 12.0. The number of nitrogens with zero attached hydrogens (tertiary/aromatic N) is 2. The minimum absolute atomic E-state index is 0.180. The van der Waals surface area contributed by atoms with Gasteiger partial charge in [0, 0.05) is 17.3 Å². The van der Waals surface area contributed by atoms with Crippen LogP contribution in [0.4, 0.5) is 0 Å². The molecule has 0 aliphatic carbocycles. The van der Waals surface area contributed by atoms with Gasteiger partial charge in [0.15, 0.2) is 0 Å². The van der Waals surface area contributed by atoms with Crippen molar-refractivity contribution in [2.45, 2.75) is 6.04 Å². The molecule has 0 bridgehead atoms. The van der Waals surface area contributed by atoms with E-state index in [0.717, 1.165) is 10.4 Å². The highest BCUT2D eigenvalue weighted by atomic mass is 32.1. The van der Waals surface area contributed by atoms with Crippen LogP contribution in [0, 0.1) is 0 Å². The predicted molar refractivity (Wildman–Crippen MR) is 82.1 cm³/mol. The number of rotatable bonds is 4. The molecule has 0 saturated heterocycles. The molecule has 0 saturated carbocycles. The standard InChI is InChI=1S/C16H13N3OS/c20-16(13-11-17-8-9-18-13)19-15(14-7-4-10-21-14)12-5-2-1-3-6-12/h1-11,15H,(H,19,20)/t15-/m1/s1.